The van der Waals surface area contributed by atoms with Crippen LogP contribution in [-0.4, -0.2) is 49.9 Å². The summed E-state index contributed by atoms with van der Waals surface area (Å²) in [5.74, 6) is 1.31. The van der Waals surface area contributed by atoms with E-state index in [2.05, 4.69) is 15.5 Å². The van der Waals surface area contributed by atoms with E-state index in [0.717, 1.165) is 31.7 Å². The molecule has 106 valence electrons. The van der Waals surface area contributed by atoms with Gasteiger partial charge in [-0.05, 0) is 35.4 Å². The summed E-state index contributed by atoms with van der Waals surface area (Å²) in [6.45, 7) is 2.22. The number of rotatable bonds is 5. The molecule has 7 nitrogen and oxygen atoms in total. The van der Waals surface area contributed by atoms with Crippen LogP contribution in [0.3, 0.4) is 0 Å². The minimum Gasteiger partial charge on any atom is -0.467 e. The number of amides is 1. The summed E-state index contributed by atoms with van der Waals surface area (Å²) >= 11 is 1.36. The molecule has 0 saturated carbocycles. The molecule has 20 heavy (non-hydrogen) atoms. The Kier molecular flexibility index (Phi) is 4.00. The highest BCUT2D eigenvalue weighted by Crippen LogP contribution is 2.17. The largest absolute Gasteiger partial charge is 0.467 e. The molecule has 0 aromatic carbocycles. The molecule has 1 amide bonds. The number of tetrazole rings is 1. The van der Waals surface area contributed by atoms with Crippen molar-refractivity contribution < 1.29 is 9.21 Å². The van der Waals surface area contributed by atoms with Crippen molar-refractivity contribution in [3.8, 4) is 0 Å². The smallest absolute Gasteiger partial charge is 0.233 e. The number of hydrogen-bond donors (Lipinski definition) is 0. The summed E-state index contributed by atoms with van der Waals surface area (Å²) in [6, 6.07) is 3.69. The Bertz CT molecular complexity index is 562. The summed E-state index contributed by atoms with van der Waals surface area (Å²) in [7, 11) is 0. The van der Waals surface area contributed by atoms with Crippen LogP contribution in [0.1, 0.15) is 18.6 Å². The fourth-order valence-electron chi connectivity index (χ4n) is 2.13. The Hall–Kier alpha value is -1.83. The Balaban J connectivity index is 1.57. The van der Waals surface area contributed by atoms with E-state index in [1.807, 2.05) is 17.0 Å². The number of hydrogen-bond acceptors (Lipinski definition) is 6. The van der Waals surface area contributed by atoms with Crippen LogP contribution in [-0.2, 0) is 11.3 Å². The summed E-state index contributed by atoms with van der Waals surface area (Å²) in [4.78, 5) is 13.9. The summed E-state index contributed by atoms with van der Waals surface area (Å²) < 4.78 is 6.91. The number of carbonyl (C=O) groups is 1. The molecule has 3 heterocycles. The predicted molar refractivity (Wildman–Crippen MR) is 72.2 cm³/mol. The molecule has 1 fully saturated rings. The van der Waals surface area contributed by atoms with E-state index in [1.54, 1.807) is 10.9 Å². The highest BCUT2D eigenvalue weighted by molar-refractivity contribution is 7.99. The van der Waals surface area contributed by atoms with Crippen LogP contribution < -0.4 is 0 Å². The molecule has 3 rings (SSSR count). The second-order valence-corrected chi connectivity index (χ2v) is 5.52. The molecule has 0 radical (unpaired) electrons. The molecule has 8 heteroatoms. The number of furan rings is 1. The second-order valence-electron chi connectivity index (χ2n) is 4.58. The lowest BCUT2D eigenvalue weighted by atomic mass is 10.4. The van der Waals surface area contributed by atoms with Crippen molar-refractivity contribution in [2.75, 3.05) is 18.8 Å². The third kappa shape index (κ3) is 3.01. The summed E-state index contributed by atoms with van der Waals surface area (Å²) in [6.07, 6.45) is 3.82. The monoisotopic (exact) mass is 293 g/mol. The van der Waals surface area contributed by atoms with Crippen LogP contribution in [0, 0.1) is 0 Å². The molecule has 0 N–H and O–H groups in total. The van der Waals surface area contributed by atoms with Gasteiger partial charge in [-0.25, -0.2) is 4.68 Å². The first-order valence-electron chi connectivity index (χ1n) is 6.52. The summed E-state index contributed by atoms with van der Waals surface area (Å²) in [5, 5.41) is 12.2. The minimum absolute atomic E-state index is 0.153. The van der Waals surface area contributed by atoms with E-state index in [0.29, 0.717) is 17.5 Å². The molecule has 0 aliphatic carbocycles. The van der Waals surface area contributed by atoms with E-state index >= 15 is 0 Å². The van der Waals surface area contributed by atoms with Crippen molar-refractivity contribution >= 4 is 17.7 Å². The molecule has 0 spiro atoms. The maximum Gasteiger partial charge on any atom is 0.233 e. The van der Waals surface area contributed by atoms with E-state index < -0.39 is 0 Å². The van der Waals surface area contributed by atoms with Crippen LogP contribution >= 0.6 is 11.8 Å². The molecule has 2 aromatic heterocycles. The summed E-state index contributed by atoms with van der Waals surface area (Å²) in [5.41, 5.74) is 0. The fourth-order valence-corrected chi connectivity index (χ4v) is 2.91. The fraction of sp³-hybridized carbons (Fsp3) is 0.500. The van der Waals surface area contributed by atoms with E-state index in [-0.39, 0.29) is 5.91 Å². The number of nitrogens with zero attached hydrogens (tertiary/aromatic N) is 5. The van der Waals surface area contributed by atoms with Gasteiger partial charge in [-0.2, -0.15) is 0 Å². The van der Waals surface area contributed by atoms with Crippen molar-refractivity contribution in [2.45, 2.75) is 24.5 Å². The van der Waals surface area contributed by atoms with Crippen molar-refractivity contribution in [1.82, 2.24) is 25.1 Å². The van der Waals surface area contributed by atoms with Gasteiger partial charge in [0.05, 0.1) is 12.0 Å². The van der Waals surface area contributed by atoms with Gasteiger partial charge in [0.1, 0.15) is 12.3 Å². The number of likely N-dealkylation sites (tertiary alicyclic amines) is 1. The Morgan fingerprint density at radius 3 is 3.00 bits per heavy atom. The molecular formula is C12H15N5O2S. The zero-order valence-electron chi connectivity index (χ0n) is 10.9. The Morgan fingerprint density at radius 1 is 1.40 bits per heavy atom. The van der Waals surface area contributed by atoms with E-state index in [9.17, 15) is 4.79 Å². The standard InChI is InChI=1S/C12H15N5O2S/c18-11(16-5-1-2-6-16)9-20-12-13-14-15-17(12)8-10-4-3-7-19-10/h3-4,7H,1-2,5-6,8-9H2. The van der Waals surface area contributed by atoms with Gasteiger partial charge in [-0.1, -0.05) is 11.8 Å². The third-order valence-electron chi connectivity index (χ3n) is 3.17. The molecule has 0 bridgehead atoms. The van der Waals surface area contributed by atoms with E-state index in [1.165, 1.54) is 11.8 Å². The Morgan fingerprint density at radius 2 is 2.25 bits per heavy atom. The molecule has 0 atom stereocenters. The van der Waals surface area contributed by atoms with Crippen LogP contribution in [0.4, 0.5) is 0 Å². The van der Waals surface area contributed by atoms with Gasteiger partial charge in [0.2, 0.25) is 11.1 Å². The topological polar surface area (TPSA) is 77.0 Å². The van der Waals surface area contributed by atoms with Crippen molar-refractivity contribution in [3.63, 3.8) is 0 Å². The quantitative estimate of drug-likeness (QED) is 0.766. The molecule has 1 saturated heterocycles. The van der Waals surface area contributed by atoms with Crippen molar-refractivity contribution in [2.24, 2.45) is 0 Å². The normalized spacial score (nSPS) is 14.9. The average molecular weight is 293 g/mol. The lowest BCUT2D eigenvalue weighted by Crippen LogP contribution is -2.29. The minimum atomic E-state index is 0.153. The highest BCUT2D eigenvalue weighted by atomic mass is 32.2. The van der Waals surface area contributed by atoms with Crippen LogP contribution in [0.5, 0.6) is 0 Å². The van der Waals surface area contributed by atoms with Crippen LogP contribution in [0.25, 0.3) is 0 Å². The SMILES string of the molecule is O=C(CSc1nnnn1Cc1ccco1)N1CCCC1. The maximum absolute atomic E-state index is 12.0. The lowest BCUT2D eigenvalue weighted by Gasteiger charge is -2.14. The van der Waals surface area contributed by atoms with Crippen molar-refractivity contribution in [1.29, 1.82) is 0 Å². The third-order valence-corrected chi connectivity index (χ3v) is 4.11. The highest BCUT2D eigenvalue weighted by Gasteiger charge is 2.19. The molecule has 2 aromatic rings. The van der Waals surface area contributed by atoms with Gasteiger partial charge < -0.3 is 9.32 Å². The van der Waals surface area contributed by atoms with Gasteiger partial charge in [0, 0.05) is 13.1 Å². The second kappa shape index (κ2) is 6.08. The van der Waals surface area contributed by atoms with Gasteiger partial charge in [-0.15, -0.1) is 5.10 Å². The van der Waals surface area contributed by atoms with E-state index in [4.69, 9.17) is 4.42 Å². The Labute approximate surface area is 120 Å². The van der Waals surface area contributed by atoms with Crippen molar-refractivity contribution in [3.05, 3.63) is 24.2 Å². The average Bonchev–Trinajstić information content (AvgIpc) is 3.20. The van der Waals surface area contributed by atoms with Crippen LogP contribution in [0.15, 0.2) is 28.0 Å². The van der Waals surface area contributed by atoms with Crippen LogP contribution in [0.2, 0.25) is 0 Å². The van der Waals surface area contributed by atoms with Gasteiger partial charge in [-0.3, -0.25) is 4.79 Å². The van der Waals surface area contributed by atoms with Gasteiger partial charge in [0.25, 0.3) is 0 Å². The first-order chi connectivity index (χ1) is 9.83. The van der Waals surface area contributed by atoms with Gasteiger partial charge in [0.15, 0.2) is 0 Å². The molecule has 1 aliphatic rings. The maximum atomic E-state index is 12.0. The molecule has 1 aliphatic heterocycles. The number of carbonyl (C=O) groups excluding carboxylic acids is 1. The zero-order chi connectivity index (χ0) is 13.8. The number of thioether (sulfide) groups is 1. The number of aromatic nitrogens is 4. The lowest BCUT2D eigenvalue weighted by molar-refractivity contribution is -0.127. The predicted octanol–water partition coefficient (Wildman–Crippen LogP) is 1.03. The zero-order valence-corrected chi connectivity index (χ0v) is 11.8. The first-order valence-corrected chi connectivity index (χ1v) is 7.50. The molecular weight excluding hydrogens is 278 g/mol. The van der Waals surface area contributed by atoms with Gasteiger partial charge >= 0.3 is 0 Å². The first kappa shape index (κ1) is 13.2. The molecule has 0 unspecified atom stereocenters.